The Balaban J connectivity index is 2.01. The number of hydrogen-bond donors (Lipinski definition) is 2. The number of ether oxygens (including phenoxy) is 1. The monoisotopic (exact) mass is 294 g/mol. The molecule has 1 aromatic heterocycles. The second-order valence-electron chi connectivity index (χ2n) is 4.10. The van der Waals surface area contributed by atoms with Gasteiger partial charge in [0.2, 0.25) is 5.91 Å². The van der Waals surface area contributed by atoms with E-state index in [1.165, 1.54) is 19.2 Å². The zero-order chi connectivity index (χ0) is 15.2. The van der Waals surface area contributed by atoms with Crippen molar-refractivity contribution in [1.82, 2.24) is 10.3 Å². The van der Waals surface area contributed by atoms with Gasteiger partial charge in [-0.25, -0.2) is 0 Å². The van der Waals surface area contributed by atoms with Crippen LogP contribution in [0.5, 0.6) is 0 Å². The number of anilines is 1. The zero-order valence-electron chi connectivity index (χ0n) is 11.3. The van der Waals surface area contributed by atoms with Crippen LogP contribution in [0.2, 0.25) is 0 Å². The number of amides is 1. The normalized spacial score (nSPS) is 10.5. The quantitative estimate of drug-likeness (QED) is 0.442. The van der Waals surface area contributed by atoms with Gasteiger partial charge in [0.05, 0.1) is 18.1 Å². The van der Waals surface area contributed by atoms with Crippen LogP contribution in [0.4, 0.5) is 11.7 Å². The maximum absolute atomic E-state index is 11.5. The Morgan fingerprint density at radius 1 is 1.52 bits per heavy atom. The summed E-state index contributed by atoms with van der Waals surface area (Å²) >= 11 is 0. The second-order valence-corrected chi connectivity index (χ2v) is 4.10. The molecule has 0 aliphatic rings. The van der Waals surface area contributed by atoms with Gasteiger partial charge in [-0.2, -0.15) is 4.98 Å². The van der Waals surface area contributed by atoms with E-state index in [9.17, 15) is 14.9 Å². The van der Waals surface area contributed by atoms with E-state index in [-0.39, 0.29) is 35.3 Å². The van der Waals surface area contributed by atoms with Gasteiger partial charge in [-0.3, -0.25) is 14.9 Å². The van der Waals surface area contributed by atoms with Gasteiger partial charge in [0.1, 0.15) is 0 Å². The molecule has 0 bridgehead atoms. The minimum atomic E-state index is -0.536. The number of nitro groups is 1. The molecule has 0 saturated heterocycles. The van der Waals surface area contributed by atoms with Crippen LogP contribution in [0.15, 0.2) is 22.6 Å². The van der Waals surface area contributed by atoms with E-state index in [0.29, 0.717) is 13.2 Å². The third-order valence-corrected chi connectivity index (χ3v) is 2.62. The highest BCUT2D eigenvalue weighted by molar-refractivity contribution is 5.85. The summed E-state index contributed by atoms with van der Waals surface area (Å²) < 4.78 is 10.1. The van der Waals surface area contributed by atoms with Crippen LogP contribution in [0.1, 0.15) is 0 Å². The van der Waals surface area contributed by atoms with Crippen molar-refractivity contribution in [2.24, 2.45) is 0 Å². The molecule has 0 atom stereocenters. The van der Waals surface area contributed by atoms with Crippen LogP contribution in [0.25, 0.3) is 11.1 Å². The van der Waals surface area contributed by atoms with Crippen LogP contribution in [0, 0.1) is 10.1 Å². The van der Waals surface area contributed by atoms with Crippen LogP contribution in [-0.2, 0) is 9.53 Å². The Morgan fingerprint density at radius 3 is 3.05 bits per heavy atom. The number of carbonyl (C=O) groups excluding carboxylic acids is 1. The predicted molar refractivity (Wildman–Crippen MR) is 74.0 cm³/mol. The molecule has 1 amide bonds. The third-order valence-electron chi connectivity index (χ3n) is 2.62. The lowest BCUT2D eigenvalue weighted by Gasteiger charge is -2.04. The number of rotatable bonds is 7. The summed E-state index contributed by atoms with van der Waals surface area (Å²) in [5.74, 6) is -0.260. The highest BCUT2D eigenvalue weighted by atomic mass is 16.6. The van der Waals surface area contributed by atoms with Crippen molar-refractivity contribution in [3.63, 3.8) is 0 Å². The van der Waals surface area contributed by atoms with Gasteiger partial charge in [-0.15, -0.1) is 0 Å². The minimum Gasteiger partial charge on any atom is -0.423 e. The van der Waals surface area contributed by atoms with Gasteiger partial charge in [0, 0.05) is 19.7 Å². The third kappa shape index (κ3) is 3.66. The molecule has 0 unspecified atom stereocenters. The van der Waals surface area contributed by atoms with E-state index in [0.717, 1.165) is 0 Å². The van der Waals surface area contributed by atoms with Gasteiger partial charge in [0.15, 0.2) is 11.1 Å². The number of nitrogens with zero attached hydrogens (tertiary/aromatic N) is 2. The lowest BCUT2D eigenvalue weighted by molar-refractivity contribution is -0.383. The summed E-state index contributed by atoms with van der Waals surface area (Å²) in [6.07, 6.45) is 0. The molecule has 1 aromatic carbocycles. The molecule has 21 heavy (non-hydrogen) atoms. The standard InChI is InChI=1S/C12H14N4O5/c1-20-6-5-13-10(17)7-14-12-15-11-8(16(18)19)3-2-4-9(11)21-12/h2-4H,5-7H2,1H3,(H,13,17)(H,14,15). The maximum Gasteiger partial charge on any atom is 0.298 e. The van der Waals surface area contributed by atoms with Crippen molar-refractivity contribution in [1.29, 1.82) is 0 Å². The van der Waals surface area contributed by atoms with Gasteiger partial charge in [0.25, 0.3) is 11.7 Å². The van der Waals surface area contributed by atoms with Gasteiger partial charge in [-0.05, 0) is 6.07 Å². The molecule has 9 nitrogen and oxygen atoms in total. The lowest BCUT2D eigenvalue weighted by Crippen LogP contribution is -2.32. The molecule has 0 saturated carbocycles. The molecular weight excluding hydrogens is 280 g/mol. The Kier molecular flexibility index (Phi) is 4.67. The van der Waals surface area contributed by atoms with Crippen molar-refractivity contribution in [2.45, 2.75) is 0 Å². The molecule has 0 fully saturated rings. The van der Waals surface area contributed by atoms with Crippen molar-refractivity contribution in [3.05, 3.63) is 28.3 Å². The number of aromatic nitrogens is 1. The molecule has 2 rings (SSSR count). The Bertz CT molecular complexity index is 654. The van der Waals surface area contributed by atoms with E-state index in [2.05, 4.69) is 15.6 Å². The molecular formula is C12H14N4O5. The summed E-state index contributed by atoms with van der Waals surface area (Å²) in [5.41, 5.74) is 0.283. The number of para-hydroxylation sites is 1. The number of methoxy groups -OCH3 is 1. The summed E-state index contributed by atoms with van der Waals surface area (Å²) in [4.78, 5) is 25.8. The first-order chi connectivity index (χ1) is 10.1. The maximum atomic E-state index is 11.5. The molecule has 112 valence electrons. The number of non-ortho nitro benzene ring substituents is 1. The first-order valence-corrected chi connectivity index (χ1v) is 6.15. The average molecular weight is 294 g/mol. The fourth-order valence-electron chi connectivity index (χ4n) is 1.67. The van der Waals surface area contributed by atoms with E-state index < -0.39 is 4.92 Å². The fraction of sp³-hybridized carbons (Fsp3) is 0.333. The highest BCUT2D eigenvalue weighted by Gasteiger charge is 2.17. The number of fused-ring (bicyclic) bond motifs is 1. The van der Waals surface area contributed by atoms with E-state index in [1.807, 2.05) is 0 Å². The molecule has 0 spiro atoms. The number of hydrogen-bond acceptors (Lipinski definition) is 7. The Labute approximate surface area is 119 Å². The SMILES string of the molecule is COCCNC(=O)CNc1nc2c([N+](=O)[O-])cccc2o1. The molecule has 0 aliphatic heterocycles. The van der Waals surface area contributed by atoms with Gasteiger partial charge in [-0.1, -0.05) is 6.07 Å². The summed E-state index contributed by atoms with van der Waals surface area (Å²) in [6.45, 7) is 0.765. The second kappa shape index (κ2) is 6.66. The Morgan fingerprint density at radius 2 is 2.33 bits per heavy atom. The number of nitro benzene ring substituents is 1. The van der Waals surface area contributed by atoms with Gasteiger partial charge >= 0.3 is 0 Å². The molecule has 2 aromatic rings. The summed E-state index contributed by atoms with van der Waals surface area (Å²) in [5, 5.41) is 16.2. The molecule has 2 N–H and O–H groups in total. The smallest absolute Gasteiger partial charge is 0.298 e. The van der Waals surface area contributed by atoms with E-state index in [1.54, 1.807) is 6.07 Å². The molecule has 1 heterocycles. The molecule has 9 heteroatoms. The largest absolute Gasteiger partial charge is 0.423 e. The lowest BCUT2D eigenvalue weighted by atomic mass is 10.3. The first kappa shape index (κ1) is 14.7. The van der Waals surface area contributed by atoms with Crippen molar-refractivity contribution in [3.8, 4) is 0 Å². The predicted octanol–water partition coefficient (Wildman–Crippen LogP) is 0.910. The molecule has 0 aliphatic carbocycles. The van der Waals surface area contributed by atoms with Crippen LogP contribution in [0.3, 0.4) is 0 Å². The molecule has 0 radical (unpaired) electrons. The van der Waals surface area contributed by atoms with Crippen molar-refractivity contribution in [2.75, 3.05) is 32.1 Å². The topological polar surface area (TPSA) is 120 Å². The average Bonchev–Trinajstić information content (AvgIpc) is 2.87. The highest BCUT2D eigenvalue weighted by Crippen LogP contribution is 2.26. The minimum absolute atomic E-state index is 0.0513. The number of oxazole rings is 1. The van der Waals surface area contributed by atoms with Crippen LogP contribution < -0.4 is 10.6 Å². The van der Waals surface area contributed by atoms with Crippen LogP contribution >= 0.6 is 0 Å². The first-order valence-electron chi connectivity index (χ1n) is 6.15. The fourth-order valence-corrected chi connectivity index (χ4v) is 1.67. The number of carbonyl (C=O) groups is 1. The van der Waals surface area contributed by atoms with Crippen molar-refractivity contribution < 1.29 is 18.9 Å². The van der Waals surface area contributed by atoms with Gasteiger partial charge < -0.3 is 19.8 Å². The summed E-state index contributed by atoms with van der Waals surface area (Å²) in [7, 11) is 1.54. The van der Waals surface area contributed by atoms with E-state index >= 15 is 0 Å². The number of nitrogens with one attached hydrogen (secondary N) is 2. The van der Waals surface area contributed by atoms with Crippen LogP contribution in [-0.4, -0.2) is 42.6 Å². The zero-order valence-corrected chi connectivity index (χ0v) is 11.3. The van der Waals surface area contributed by atoms with Crippen molar-refractivity contribution >= 4 is 28.7 Å². The van der Waals surface area contributed by atoms with E-state index in [4.69, 9.17) is 9.15 Å². The summed E-state index contributed by atoms with van der Waals surface area (Å²) in [6, 6.07) is 4.47. The number of benzene rings is 1. The Hall–Kier alpha value is -2.68.